The molecule has 1 fully saturated rings. The average molecular weight is 353 g/mol. The van der Waals surface area contributed by atoms with E-state index in [9.17, 15) is 14.9 Å². The van der Waals surface area contributed by atoms with E-state index in [0.717, 1.165) is 22.3 Å². The van der Waals surface area contributed by atoms with Gasteiger partial charge in [0, 0.05) is 37.8 Å². The number of benzene rings is 2. The molecule has 1 aliphatic rings. The third-order valence-electron chi connectivity index (χ3n) is 4.88. The molecule has 1 heterocycles. The number of carbonyl (C=O) groups excluding carboxylic acids is 1. The molecule has 0 saturated carbocycles. The van der Waals surface area contributed by atoms with Crippen LogP contribution in [0.2, 0.25) is 0 Å². The molecule has 0 bridgehead atoms. The number of amides is 1. The predicted molar refractivity (Wildman–Crippen MR) is 102 cm³/mol. The van der Waals surface area contributed by atoms with Crippen LogP contribution in [0.25, 0.3) is 0 Å². The van der Waals surface area contributed by atoms with E-state index in [1.54, 1.807) is 18.2 Å². The molecule has 0 radical (unpaired) electrons. The van der Waals surface area contributed by atoms with E-state index in [-0.39, 0.29) is 16.5 Å². The molecule has 136 valence electrons. The van der Waals surface area contributed by atoms with Gasteiger partial charge in [0.05, 0.1) is 4.92 Å². The van der Waals surface area contributed by atoms with Crippen LogP contribution in [0.15, 0.2) is 36.4 Å². The molecular weight excluding hydrogens is 330 g/mol. The summed E-state index contributed by atoms with van der Waals surface area (Å²) in [5, 5.41) is 11.2. The van der Waals surface area contributed by atoms with Gasteiger partial charge in [-0.2, -0.15) is 0 Å². The van der Waals surface area contributed by atoms with Gasteiger partial charge >= 0.3 is 0 Å². The number of aryl methyl sites for hydroxylation is 3. The number of nitrogens with zero attached hydrogens (tertiary/aromatic N) is 3. The summed E-state index contributed by atoms with van der Waals surface area (Å²) in [4.78, 5) is 27.7. The van der Waals surface area contributed by atoms with Gasteiger partial charge in [0.25, 0.3) is 11.6 Å². The summed E-state index contributed by atoms with van der Waals surface area (Å²) in [6.07, 6.45) is 0. The minimum absolute atomic E-state index is 0.0437. The van der Waals surface area contributed by atoms with E-state index >= 15 is 0 Å². The van der Waals surface area contributed by atoms with Crippen molar-refractivity contribution in [1.82, 2.24) is 4.90 Å². The van der Waals surface area contributed by atoms with E-state index in [2.05, 4.69) is 0 Å². The Bertz CT molecular complexity index is 832. The van der Waals surface area contributed by atoms with Crippen LogP contribution in [0.4, 0.5) is 11.4 Å². The lowest BCUT2D eigenvalue weighted by Crippen LogP contribution is -2.49. The second-order valence-corrected chi connectivity index (χ2v) is 6.80. The van der Waals surface area contributed by atoms with Gasteiger partial charge in [0.2, 0.25) is 0 Å². The Morgan fingerprint density at radius 3 is 2.15 bits per heavy atom. The van der Waals surface area contributed by atoms with Crippen molar-refractivity contribution in [3.63, 3.8) is 0 Å². The van der Waals surface area contributed by atoms with Crippen molar-refractivity contribution in [3.8, 4) is 0 Å². The van der Waals surface area contributed by atoms with Crippen LogP contribution in [-0.4, -0.2) is 41.9 Å². The summed E-state index contributed by atoms with van der Waals surface area (Å²) in [7, 11) is 0. The van der Waals surface area contributed by atoms with Crippen LogP contribution < -0.4 is 4.90 Å². The molecule has 1 saturated heterocycles. The number of hydrogen-bond acceptors (Lipinski definition) is 4. The van der Waals surface area contributed by atoms with Gasteiger partial charge in [0.15, 0.2) is 0 Å². The quantitative estimate of drug-likeness (QED) is 0.626. The summed E-state index contributed by atoms with van der Waals surface area (Å²) >= 11 is 0. The molecule has 3 rings (SSSR count). The maximum atomic E-state index is 13.0. The van der Waals surface area contributed by atoms with Crippen LogP contribution in [-0.2, 0) is 0 Å². The molecule has 0 unspecified atom stereocenters. The number of anilines is 1. The number of hydrogen-bond donors (Lipinski definition) is 0. The van der Waals surface area contributed by atoms with Gasteiger partial charge in [0.1, 0.15) is 5.69 Å². The number of carbonyl (C=O) groups is 1. The predicted octanol–water partition coefficient (Wildman–Crippen LogP) is 3.48. The first-order chi connectivity index (χ1) is 12.4. The fraction of sp³-hybridized carbons (Fsp3) is 0.350. The first-order valence-electron chi connectivity index (χ1n) is 8.74. The van der Waals surface area contributed by atoms with Gasteiger partial charge in [-0.05, 0) is 38.0 Å². The molecule has 26 heavy (non-hydrogen) atoms. The highest BCUT2D eigenvalue weighted by Gasteiger charge is 2.27. The molecule has 6 heteroatoms. The molecule has 6 nitrogen and oxygen atoms in total. The summed E-state index contributed by atoms with van der Waals surface area (Å²) in [6, 6.07) is 10.8. The number of piperazine rings is 1. The highest BCUT2D eigenvalue weighted by Crippen LogP contribution is 2.28. The highest BCUT2D eigenvalue weighted by molar-refractivity contribution is 5.97. The highest BCUT2D eigenvalue weighted by atomic mass is 16.6. The topological polar surface area (TPSA) is 66.7 Å². The summed E-state index contributed by atoms with van der Waals surface area (Å²) in [5.41, 5.74) is 4.64. The average Bonchev–Trinajstić information content (AvgIpc) is 2.61. The SMILES string of the molecule is Cc1cc(C)c(C(=O)N2CCN(c3ccccc3[N+](=O)[O-])CC2)c(C)c1. The van der Waals surface area contributed by atoms with E-state index in [0.29, 0.717) is 31.9 Å². The third-order valence-corrected chi connectivity index (χ3v) is 4.88. The molecule has 0 N–H and O–H groups in total. The Morgan fingerprint density at radius 1 is 1.00 bits per heavy atom. The van der Waals surface area contributed by atoms with Crippen LogP contribution in [0.3, 0.4) is 0 Å². The van der Waals surface area contributed by atoms with E-state index in [1.807, 2.05) is 42.7 Å². The first-order valence-corrected chi connectivity index (χ1v) is 8.74. The zero-order valence-electron chi connectivity index (χ0n) is 15.4. The minimum atomic E-state index is -0.355. The van der Waals surface area contributed by atoms with Gasteiger partial charge in [-0.1, -0.05) is 29.8 Å². The number of rotatable bonds is 3. The maximum absolute atomic E-state index is 13.0. The standard InChI is InChI=1S/C20H23N3O3/c1-14-12-15(2)19(16(3)13-14)20(24)22-10-8-21(9-11-22)17-6-4-5-7-18(17)23(25)26/h4-7,12-13H,8-11H2,1-3H3. The molecule has 2 aromatic rings. The Morgan fingerprint density at radius 2 is 1.58 bits per heavy atom. The zero-order chi connectivity index (χ0) is 18.8. The Labute approximate surface area is 153 Å². The van der Waals surface area contributed by atoms with Gasteiger partial charge in [-0.25, -0.2) is 0 Å². The van der Waals surface area contributed by atoms with Crippen LogP contribution in [0, 0.1) is 30.9 Å². The largest absolute Gasteiger partial charge is 0.362 e. The normalized spacial score (nSPS) is 14.4. The number of para-hydroxylation sites is 2. The van der Waals surface area contributed by atoms with E-state index < -0.39 is 0 Å². The van der Waals surface area contributed by atoms with Crippen molar-refractivity contribution in [3.05, 3.63) is 68.8 Å². The molecule has 0 aliphatic carbocycles. The lowest BCUT2D eigenvalue weighted by molar-refractivity contribution is -0.384. The van der Waals surface area contributed by atoms with Crippen molar-refractivity contribution >= 4 is 17.3 Å². The van der Waals surface area contributed by atoms with Crippen molar-refractivity contribution in [1.29, 1.82) is 0 Å². The van der Waals surface area contributed by atoms with Crippen LogP contribution >= 0.6 is 0 Å². The Balaban J connectivity index is 1.75. The molecule has 0 aromatic heterocycles. The van der Waals surface area contributed by atoms with Crippen molar-refractivity contribution in [2.45, 2.75) is 20.8 Å². The third kappa shape index (κ3) is 3.40. The first kappa shape index (κ1) is 17.9. The summed E-state index contributed by atoms with van der Waals surface area (Å²) in [5.74, 6) is 0.0437. The van der Waals surface area contributed by atoms with Crippen LogP contribution in [0.5, 0.6) is 0 Å². The number of nitro benzene ring substituents is 1. The van der Waals surface area contributed by atoms with Crippen molar-refractivity contribution < 1.29 is 9.72 Å². The monoisotopic (exact) mass is 353 g/mol. The zero-order valence-corrected chi connectivity index (χ0v) is 15.4. The van der Waals surface area contributed by atoms with Gasteiger partial charge in [-0.3, -0.25) is 14.9 Å². The minimum Gasteiger partial charge on any atom is -0.362 e. The summed E-state index contributed by atoms with van der Waals surface area (Å²) in [6.45, 7) is 8.24. The van der Waals surface area contributed by atoms with E-state index in [4.69, 9.17) is 0 Å². The molecule has 2 aromatic carbocycles. The Kier molecular flexibility index (Phi) is 4.93. The fourth-order valence-electron chi connectivity index (χ4n) is 3.71. The molecule has 0 atom stereocenters. The summed E-state index contributed by atoms with van der Waals surface area (Å²) < 4.78 is 0. The molecule has 1 aliphatic heterocycles. The smallest absolute Gasteiger partial charge is 0.292 e. The second kappa shape index (κ2) is 7.15. The maximum Gasteiger partial charge on any atom is 0.292 e. The molecule has 1 amide bonds. The fourth-order valence-corrected chi connectivity index (χ4v) is 3.71. The van der Waals surface area contributed by atoms with Crippen LogP contribution in [0.1, 0.15) is 27.0 Å². The molecule has 0 spiro atoms. The molecular formula is C20H23N3O3. The second-order valence-electron chi connectivity index (χ2n) is 6.80. The van der Waals surface area contributed by atoms with Gasteiger partial charge in [-0.15, -0.1) is 0 Å². The Hall–Kier alpha value is -2.89. The van der Waals surface area contributed by atoms with Crippen molar-refractivity contribution in [2.24, 2.45) is 0 Å². The van der Waals surface area contributed by atoms with Gasteiger partial charge < -0.3 is 9.80 Å². The lowest BCUT2D eigenvalue weighted by Gasteiger charge is -2.36. The lowest BCUT2D eigenvalue weighted by atomic mass is 9.98. The van der Waals surface area contributed by atoms with E-state index in [1.165, 1.54) is 6.07 Å². The number of nitro groups is 1. The van der Waals surface area contributed by atoms with Crippen molar-refractivity contribution in [2.75, 3.05) is 31.1 Å².